The lowest BCUT2D eigenvalue weighted by Crippen LogP contribution is -2.48. The van der Waals surface area contributed by atoms with Gasteiger partial charge in [-0.3, -0.25) is 4.79 Å². The van der Waals surface area contributed by atoms with Crippen LogP contribution in [0.2, 0.25) is 0 Å². The fourth-order valence-electron chi connectivity index (χ4n) is 3.50. The monoisotopic (exact) mass is 442 g/mol. The van der Waals surface area contributed by atoms with Gasteiger partial charge in [-0.25, -0.2) is 18.6 Å². The van der Waals surface area contributed by atoms with Gasteiger partial charge in [-0.15, -0.1) is 0 Å². The van der Waals surface area contributed by atoms with Gasteiger partial charge >= 0.3 is 6.09 Å². The van der Waals surface area contributed by atoms with Crippen molar-refractivity contribution in [3.8, 4) is 22.9 Å². The molecule has 1 saturated heterocycles. The second-order valence-corrected chi connectivity index (χ2v) is 7.86. The van der Waals surface area contributed by atoms with Crippen molar-refractivity contribution >= 4 is 17.8 Å². The molecule has 1 saturated carbocycles. The Morgan fingerprint density at radius 2 is 2.03 bits per heavy atom. The van der Waals surface area contributed by atoms with Crippen LogP contribution in [0.5, 0.6) is 5.75 Å². The number of likely N-dealkylation sites (tertiary alicyclic amines) is 1. The zero-order valence-corrected chi connectivity index (χ0v) is 16.9. The lowest BCUT2D eigenvalue weighted by molar-refractivity contribution is -0.122. The minimum absolute atomic E-state index is 0.145. The molecule has 1 aliphatic carbocycles. The Morgan fingerprint density at radius 3 is 2.69 bits per heavy atom. The average Bonchev–Trinajstić information content (AvgIpc) is 3.54. The van der Waals surface area contributed by atoms with Crippen LogP contribution < -0.4 is 10.1 Å². The third-order valence-electron chi connectivity index (χ3n) is 5.56. The van der Waals surface area contributed by atoms with Gasteiger partial charge in [-0.1, -0.05) is 6.07 Å². The van der Waals surface area contributed by atoms with Gasteiger partial charge in [-0.05, 0) is 48.2 Å². The molecule has 2 N–H and O–H groups in total. The molecular weight excluding hydrogens is 422 g/mol. The second-order valence-electron chi connectivity index (χ2n) is 7.86. The fraction of sp³-hybridized carbons (Fsp3) is 0.364. The molecule has 1 aromatic heterocycles. The summed E-state index contributed by atoms with van der Waals surface area (Å²) >= 11 is 0. The molecule has 2 fully saturated rings. The van der Waals surface area contributed by atoms with Crippen LogP contribution in [0.3, 0.4) is 0 Å². The number of rotatable bonds is 5. The first kappa shape index (κ1) is 21.5. The van der Waals surface area contributed by atoms with Gasteiger partial charge in [0.15, 0.2) is 11.8 Å². The number of amides is 2. The van der Waals surface area contributed by atoms with Crippen molar-refractivity contribution in [1.82, 2.24) is 9.88 Å². The van der Waals surface area contributed by atoms with E-state index in [4.69, 9.17) is 9.84 Å². The molecule has 10 heteroatoms. The first-order valence-corrected chi connectivity index (χ1v) is 10.1. The van der Waals surface area contributed by atoms with E-state index in [-0.39, 0.29) is 49.5 Å². The molecule has 0 spiro atoms. The number of carbonyl (C=O) groups excluding carboxylic acids is 1. The van der Waals surface area contributed by atoms with Gasteiger partial charge in [0.1, 0.15) is 23.7 Å². The summed E-state index contributed by atoms with van der Waals surface area (Å²) in [6.45, 7) is -0.141. The van der Waals surface area contributed by atoms with Crippen molar-refractivity contribution in [2.75, 3.05) is 18.4 Å². The number of halogens is 2. The van der Waals surface area contributed by atoms with Gasteiger partial charge < -0.3 is 20.1 Å². The van der Waals surface area contributed by atoms with E-state index in [1.165, 1.54) is 6.20 Å². The van der Waals surface area contributed by atoms with Crippen molar-refractivity contribution in [3.05, 3.63) is 42.1 Å². The number of ether oxygens (including phenoxy) is 1. The van der Waals surface area contributed by atoms with Crippen LogP contribution in [-0.4, -0.2) is 58.0 Å². The highest BCUT2D eigenvalue weighted by atomic mass is 19.1. The summed E-state index contributed by atoms with van der Waals surface area (Å²) in [6, 6.07) is 10.1. The Balaban J connectivity index is 1.49. The number of carboxylic acid groups (broad SMARTS) is 1. The minimum atomic E-state index is -1.82. The van der Waals surface area contributed by atoms with Gasteiger partial charge in [0.05, 0.1) is 12.1 Å². The number of nitrogens with zero attached hydrogens (tertiary/aromatic N) is 3. The Kier molecular flexibility index (Phi) is 5.65. The summed E-state index contributed by atoms with van der Waals surface area (Å²) in [6.07, 6.45) is -1.53. The van der Waals surface area contributed by atoms with Crippen LogP contribution in [0.15, 0.2) is 36.5 Å². The summed E-state index contributed by atoms with van der Waals surface area (Å²) in [5, 5.41) is 21.0. The van der Waals surface area contributed by atoms with E-state index in [0.29, 0.717) is 11.1 Å². The Labute approximate surface area is 182 Å². The highest BCUT2D eigenvalue weighted by Crippen LogP contribution is 2.40. The number of carbonyl (C=O) groups is 2. The topological polar surface area (TPSA) is 116 Å². The maximum absolute atomic E-state index is 14.4. The molecule has 2 aliphatic rings. The molecule has 2 amide bonds. The quantitative estimate of drug-likeness (QED) is 0.732. The Bertz CT molecular complexity index is 1100. The van der Waals surface area contributed by atoms with E-state index in [0.717, 1.165) is 4.90 Å². The summed E-state index contributed by atoms with van der Waals surface area (Å²) in [5.41, 5.74) is -0.371. The number of pyridine rings is 1. The summed E-state index contributed by atoms with van der Waals surface area (Å²) in [4.78, 5) is 27.9. The zero-order valence-electron chi connectivity index (χ0n) is 16.9. The van der Waals surface area contributed by atoms with Gasteiger partial charge in [0.2, 0.25) is 0 Å². The van der Waals surface area contributed by atoms with Crippen LogP contribution in [0, 0.1) is 11.3 Å². The highest BCUT2D eigenvalue weighted by molar-refractivity contribution is 5.98. The number of benzene rings is 1. The number of nitriles is 1. The van der Waals surface area contributed by atoms with E-state index >= 15 is 0 Å². The molecular formula is C22H20F2N4O4. The van der Waals surface area contributed by atoms with Crippen molar-refractivity contribution < 1.29 is 28.2 Å². The molecule has 2 atom stereocenters. The number of hydrogen-bond donors (Lipinski definition) is 2. The average molecular weight is 442 g/mol. The van der Waals surface area contributed by atoms with E-state index in [1.807, 2.05) is 6.07 Å². The number of hydrogen-bond acceptors (Lipinski definition) is 5. The SMILES string of the molecule is N#Cc1cc(-c2ccnc(NC(=O)C3(F)CC3)c2)ccc1O[C@H]1CCN(C(=O)O)C[C@H]1F. The first-order chi connectivity index (χ1) is 15.3. The molecule has 1 aromatic carbocycles. The van der Waals surface area contributed by atoms with Crippen LogP contribution in [0.4, 0.5) is 19.4 Å². The van der Waals surface area contributed by atoms with E-state index < -0.39 is 29.9 Å². The predicted octanol–water partition coefficient (Wildman–Crippen LogP) is 3.53. The highest BCUT2D eigenvalue weighted by Gasteiger charge is 2.51. The molecule has 2 heterocycles. The standard InChI is InChI=1S/C22H20F2N4O4/c23-16-12-28(21(30)31)8-4-18(16)32-17-2-1-13(9-15(17)11-25)14-3-7-26-19(10-14)27-20(29)22(24)5-6-22/h1-3,7,9-10,16,18H,4-6,8,12H2,(H,30,31)(H,26,27,29)/t16-,18+/m1/s1. The largest absolute Gasteiger partial charge is 0.486 e. The second kappa shape index (κ2) is 8.42. The molecule has 2 aromatic rings. The smallest absolute Gasteiger partial charge is 0.407 e. The number of alkyl halides is 2. The normalized spacial score (nSPS) is 21.3. The van der Waals surface area contributed by atoms with Crippen molar-refractivity contribution in [1.29, 1.82) is 5.26 Å². The van der Waals surface area contributed by atoms with Gasteiger partial charge in [0, 0.05) is 19.2 Å². The van der Waals surface area contributed by atoms with Crippen molar-refractivity contribution in [2.45, 2.75) is 37.2 Å². The third kappa shape index (κ3) is 4.46. The predicted molar refractivity (Wildman–Crippen MR) is 110 cm³/mol. The maximum Gasteiger partial charge on any atom is 0.407 e. The van der Waals surface area contributed by atoms with Crippen LogP contribution in [0.1, 0.15) is 24.8 Å². The molecule has 0 radical (unpaired) electrons. The Hall–Kier alpha value is -3.74. The van der Waals surface area contributed by atoms with Gasteiger partial charge in [-0.2, -0.15) is 5.26 Å². The lowest BCUT2D eigenvalue weighted by Gasteiger charge is -2.33. The zero-order chi connectivity index (χ0) is 22.9. The maximum atomic E-state index is 14.4. The molecule has 0 unspecified atom stereocenters. The summed E-state index contributed by atoms with van der Waals surface area (Å²) < 4.78 is 34.0. The fourth-order valence-corrected chi connectivity index (χ4v) is 3.50. The van der Waals surface area contributed by atoms with Crippen LogP contribution in [-0.2, 0) is 4.79 Å². The lowest BCUT2D eigenvalue weighted by atomic mass is 10.0. The number of nitrogens with one attached hydrogen (secondary N) is 1. The molecule has 32 heavy (non-hydrogen) atoms. The van der Waals surface area contributed by atoms with Gasteiger partial charge in [0.25, 0.3) is 5.91 Å². The number of aromatic nitrogens is 1. The van der Waals surface area contributed by atoms with Crippen molar-refractivity contribution in [2.24, 2.45) is 0 Å². The molecule has 166 valence electrons. The molecule has 1 aliphatic heterocycles. The first-order valence-electron chi connectivity index (χ1n) is 10.1. The number of anilines is 1. The Morgan fingerprint density at radius 1 is 1.28 bits per heavy atom. The van der Waals surface area contributed by atoms with E-state index in [2.05, 4.69) is 10.3 Å². The van der Waals surface area contributed by atoms with Crippen molar-refractivity contribution in [3.63, 3.8) is 0 Å². The molecule has 4 rings (SSSR count). The van der Waals surface area contributed by atoms with Crippen LogP contribution in [0.25, 0.3) is 11.1 Å². The third-order valence-corrected chi connectivity index (χ3v) is 5.56. The minimum Gasteiger partial charge on any atom is -0.486 e. The molecule has 0 bridgehead atoms. The van der Waals surface area contributed by atoms with Crippen LogP contribution >= 0.6 is 0 Å². The molecule has 8 nitrogen and oxygen atoms in total. The van der Waals surface area contributed by atoms with E-state index in [1.54, 1.807) is 30.3 Å². The van der Waals surface area contributed by atoms with E-state index in [9.17, 15) is 23.6 Å². The summed E-state index contributed by atoms with van der Waals surface area (Å²) in [5.74, 6) is -0.331. The number of piperidine rings is 1. The summed E-state index contributed by atoms with van der Waals surface area (Å²) in [7, 11) is 0.